The molecule has 0 spiro atoms. The molecular weight excluding hydrogens is 162 g/mol. The molecule has 0 aromatic rings. The molecule has 0 saturated heterocycles. The first kappa shape index (κ1) is 10.8. The highest BCUT2D eigenvalue weighted by molar-refractivity contribution is 6.18. The summed E-state index contributed by atoms with van der Waals surface area (Å²) >= 11 is 5.53. The molecule has 2 unspecified atom stereocenters. The molecule has 0 saturated carbocycles. The Kier molecular flexibility index (Phi) is 5.30. The predicted octanol–water partition coefficient (Wildman–Crippen LogP) is 1.78. The number of amides is 1. The molecule has 0 aliphatic carbocycles. The molecule has 1 amide bonds. The second-order valence-corrected chi connectivity index (χ2v) is 3.18. The zero-order valence-electron chi connectivity index (χ0n) is 7.36. The van der Waals surface area contributed by atoms with E-state index >= 15 is 0 Å². The summed E-state index contributed by atoms with van der Waals surface area (Å²) in [5, 5.41) is 2.81. The molecule has 66 valence electrons. The zero-order chi connectivity index (χ0) is 8.85. The van der Waals surface area contributed by atoms with Crippen LogP contribution in [0.3, 0.4) is 0 Å². The van der Waals surface area contributed by atoms with E-state index in [0.29, 0.717) is 5.88 Å². The van der Waals surface area contributed by atoms with Gasteiger partial charge in [-0.25, -0.2) is 0 Å². The number of nitrogens with one attached hydrogen (secondary N) is 1. The molecule has 1 N–H and O–H groups in total. The summed E-state index contributed by atoms with van der Waals surface area (Å²) in [4.78, 5) is 11.2. The lowest BCUT2D eigenvalue weighted by atomic mass is 10.1. The molecule has 0 aliphatic rings. The maximum atomic E-state index is 11.2. The molecule has 2 nitrogen and oxygen atoms in total. The van der Waals surface area contributed by atoms with Crippen molar-refractivity contribution in [2.45, 2.75) is 33.2 Å². The number of rotatable bonds is 4. The Morgan fingerprint density at radius 1 is 1.55 bits per heavy atom. The largest absolute Gasteiger partial charge is 0.352 e. The number of hydrogen-bond acceptors (Lipinski definition) is 1. The van der Waals surface area contributed by atoms with Gasteiger partial charge in [-0.1, -0.05) is 13.8 Å². The van der Waals surface area contributed by atoms with Gasteiger partial charge in [-0.15, -0.1) is 11.6 Å². The van der Waals surface area contributed by atoms with Crippen molar-refractivity contribution in [2.75, 3.05) is 5.88 Å². The normalized spacial score (nSPS) is 15.6. The van der Waals surface area contributed by atoms with E-state index < -0.39 is 0 Å². The monoisotopic (exact) mass is 177 g/mol. The van der Waals surface area contributed by atoms with Crippen molar-refractivity contribution in [1.29, 1.82) is 0 Å². The van der Waals surface area contributed by atoms with E-state index in [4.69, 9.17) is 11.6 Å². The highest BCUT2D eigenvalue weighted by atomic mass is 35.5. The maximum Gasteiger partial charge on any atom is 0.223 e. The smallest absolute Gasteiger partial charge is 0.223 e. The molecule has 0 fully saturated rings. The number of carbonyl (C=O) groups is 1. The summed E-state index contributed by atoms with van der Waals surface area (Å²) in [7, 11) is 0. The van der Waals surface area contributed by atoms with Gasteiger partial charge in [0.25, 0.3) is 0 Å². The van der Waals surface area contributed by atoms with Crippen LogP contribution in [0.1, 0.15) is 27.2 Å². The number of carbonyl (C=O) groups excluding carboxylic acids is 1. The maximum absolute atomic E-state index is 11.2. The van der Waals surface area contributed by atoms with Gasteiger partial charge in [0.05, 0.1) is 0 Å². The second-order valence-electron chi connectivity index (χ2n) is 2.87. The zero-order valence-corrected chi connectivity index (χ0v) is 8.11. The van der Waals surface area contributed by atoms with Gasteiger partial charge in [0.2, 0.25) is 5.91 Å². The number of hydrogen-bond donors (Lipinski definition) is 1. The fraction of sp³-hybridized carbons (Fsp3) is 0.875. The van der Waals surface area contributed by atoms with Crippen molar-refractivity contribution < 1.29 is 4.79 Å². The molecule has 0 aromatic heterocycles. The standard InChI is InChI=1S/C8H16ClNO/c1-4-6(2)8(11)10-7(3)5-9/h6-7H,4-5H2,1-3H3,(H,10,11). The topological polar surface area (TPSA) is 29.1 Å². The molecule has 0 rings (SSSR count). The molecular formula is C8H16ClNO. The van der Waals surface area contributed by atoms with Crippen LogP contribution in [0.15, 0.2) is 0 Å². The third kappa shape index (κ3) is 4.25. The van der Waals surface area contributed by atoms with Gasteiger partial charge in [0, 0.05) is 17.8 Å². The minimum absolute atomic E-state index is 0.0816. The van der Waals surface area contributed by atoms with E-state index in [-0.39, 0.29) is 17.9 Å². The highest BCUT2D eigenvalue weighted by Crippen LogP contribution is 2.00. The first-order valence-corrected chi connectivity index (χ1v) is 4.51. The van der Waals surface area contributed by atoms with Crippen molar-refractivity contribution in [1.82, 2.24) is 5.32 Å². The lowest BCUT2D eigenvalue weighted by Crippen LogP contribution is -2.37. The Labute approximate surface area is 73.3 Å². The Bertz CT molecular complexity index is 127. The lowest BCUT2D eigenvalue weighted by Gasteiger charge is -2.13. The average molecular weight is 178 g/mol. The van der Waals surface area contributed by atoms with Gasteiger partial charge < -0.3 is 5.32 Å². The van der Waals surface area contributed by atoms with Crippen LogP contribution >= 0.6 is 11.6 Å². The average Bonchev–Trinajstić information content (AvgIpc) is 2.02. The fourth-order valence-electron chi connectivity index (χ4n) is 0.609. The van der Waals surface area contributed by atoms with E-state index in [1.807, 2.05) is 20.8 Å². The Morgan fingerprint density at radius 2 is 2.09 bits per heavy atom. The van der Waals surface area contributed by atoms with Gasteiger partial charge >= 0.3 is 0 Å². The molecule has 0 bridgehead atoms. The summed E-state index contributed by atoms with van der Waals surface area (Å²) in [6.45, 7) is 5.80. The highest BCUT2D eigenvalue weighted by Gasteiger charge is 2.11. The van der Waals surface area contributed by atoms with Crippen molar-refractivity contribution in [3.05, 3.63) is 0 Å². The van der Waals surface area contributed by atoms with E-state index in [1.54, 1.807) is 0 Å². The van der Waals surface area contributed by atoms with Crippen molar-refractivity contribution in [3.8, 4) is 0 Å². The van der Waals surface area contributed by atoms with Gasteiger partial charge in [-0.3, -0.25) is 4.79 Å². The van der Waals surface area contributed by atoms with Crippen LogP contribution in [0.5, 0.6) is 0 Å². The first-order chi connectivity index (χ1) is 5.11. The number of halogens is 1. The Balaban J connectivity index is 3.68. The third-order valence-electron chi connectivity index (χ3n) is 1.68. The summed E-state index contributed by atoms with van der Waals surface area (Å²) < 4.78 is 0. The van der Waals surface area contributed by atoms with Gasteiger partial charge in [-0.05, 0) is 13.3 Å². The van der Waals surface area contributed by atoms with Crippen LogP contribution in [0.4, 0.5) is 0 Å². The van der Waals surface area contributed by atoms with E-state index in [0.717, 1.165) is 6.42 Å². The van der Waals surface area contributed by atoms with Gasteiger partial charge in [-0.2, -0.15) is 0 Å². The predicted molar refractivity (Wildman–Crippen MR) is 47.8 cm³/mol. The first-order valence-electron chi connectivity index (χ1n) is 3.98. The van der Waals surface area contributed by atoms with E-state index in [9.17, 15) is 4.79 Å². The summed E-state index contributed by atoms with van der Waals surface area (Å²) in [6.07, 6.45) is 0.876. The van der Waals surface area contributed by atoms with Crippen LogP contribution in [0.2, 0.25) is 0 Å². The van der Waals surface area contributed by atoms with Crippen LogP contribution in [-0.4, -0.2) is 17.8 Å². The number of alkyl halides is 1. The molecule has 2 atom stereocenters. The van der Waals surface area contributed by atoms with Crippen molar-refractivity contribution in [3.63, 3.8) is 0 Å². The quantitative estimate of drug-likeness (QED) is 0.652. The Morgan fingerprint density at radius 3 is 2.45 bits per heavy atom. The molecule has 0 aromatic carbocycles. The van der Waals surface area contributed by atoms with Crippen LogP contribution in [-0.2, 0) is 4.79 Å². The molecule has 0 radical (unpaired) electrons. The van der Waals surface area contributed by atoms with Crippen molar-refractivity contribution in [2.24, 2.45) is 5.92 Å². The summed E-state index contributed by atoms with van der Waals surface area (Å²) in [6, 6.07) is 0.0816. The van der Waals surface area contributed by atoms with Crippen LogP contribution in [0.25, 0.3) is 0 Å². The van der Waals surface area contributed by atoms with Crippen LogP contribution in [0, 0.1) is 5.92 Å². The molecule has 3 heteroatoms. The molecule has 11 heavy (non-hydrogen) atoms. The second kappa shape index (κ2) is 5.42. The van der Waals surface area contributed by atoms with Crippen LogP contribution < -0.4 is 5.32 Å². The minimum atomic E-state index is 0.0816. The molecule has 0 aliphatic heterocycles. The molecule has 0 heterocycles. The Hall–Kier alpha value is -0.240. The van der Waals surface area contributed by atoms with Crippen molar-refractivity contribution >= 4 is 17.5 Å². The third-order valence-corrected chi connectivity index (χ3v) is 2.14. The summed E-state index contributed by atoms with van der Waals surface area (Å²) in [5.74, 6) is 0.670. The van der Waals surface area contributed by atoms with E-state index in [1.165, 1.54) is 0 Å². The van der Waals surface area contributed by atoms with Gasteiger partial charge in [0.1, 0.15) is 0 Å². The lowest BCUT2D eigenvalue weighted by molar-refractivity contribution is -0.125. The summed E-state index contributed by atoms with van der Waals surface area (Å²) in [5.41, 5.74) is 0. The fourth-order valence-corrected chi connectivity index (χ4v) is 0.686. The minimum Gasteiger partial charge on any atom is -0.352 e. The van der Waals surface area contributed by atoms with Gasteiger partial charge in [0.15, 0.2) is 0 Å². The SMILES string of the molecule is CCC(C)C(=O)NC(C)CCl. The van der Waals surface area contributed by atoms with E-state index in [2.05, 4.69) is 5.32 Å².